The van der Waals surface area contributed by atoms with Gasteiger partial charge in [0.1, 0.15) is 0 Å². The van der Waals surface area contributed by atoms with Gasteiger partial charge in [0.05, 0.1) is 16.6 Å². The summed E-state index contributed by atoms with van der Waals surface area (Å²) in [5, 5.41) is 22.5. The Kier molecular flexibility index (Phi) is 4.33. The minimum Gasteiger partial charge on any atom is -0.380 e. The first-order valence-electron chi connectivity index (χ1n) is 5.77. The molecule has 0 radical (unpaired) electrons. The van der Waals surface area contributed by atoms with Crippen molar-refractivity contribution >= 4 is 27.3 Å². The van der Waals surface area contributed by atoms with E-state index in [1.54, 1.807) is 18.2 Å². The first-order valence-corrected chi connectivity index (χ1v) is 6.56. The summed E-state index contributed by atoms with van der Waals surface area (Å²) in [6.07, 6.45) is 0. The predicted molar refractivity (Wildman–Crippen MR) is 79.3 cm³/mol. The molecule has 0 atom stereocenters. The Morgan fingerprint density at radius 3 is 2.50 bits per heavy atom. The van der Waals surface area contributed by atoms with E-state index in [2.05, 4.69) is 27.3 Å². The zero-order chi connectivity index (χ0) is 14.5. The number of halogens is 1. The van der Waals surface area contributed by atoms with E-state index in [1.807, 2.05) is 12.1 Å². The van der Waals surface area contributed by atoms with Gasteiger partial charge in [-0.25, -0.2) is 0 Å². The second-order valence-electron chi connectivity index (χ2n) is 4.08. The van der Waals surface area contributed by atoms with Gasteiger partial charge in [-0.15, -0.1) is 0 Å². The van der Waals surface area contributed by atoms with Gasteiger partial charge in [0, 0.05) is 28.8 Å². The summed E-state index contributed by atoms with van der Waals surface area (Å²) in [6, 6.07) is 13.9. The van der Waals surface area contributed by atoms with Crippen molar-refractivity contribution in [1.82, 2.24) is 0 Å². The quantitative estimate of drug-likeness (QED) is 0.681. The number of benzene rings is 2. The van der Waals surface area contributed by atoms with E-state index in [9.17, 15) is 10.1 Å². The fourth-order valence-corrected chi connectivity index (χ4v) is 2.16. The summed E-state index contributed by atoms with van der Waals surface area (Å²) < 4.78 is 0.639. The maximum Gasteiger partial charge on any atom is 0.270 e. The average molecular weight is 332 g/mol. The van der Waals surface area contributed by atoms with E-state index in [0.29, 0.717) is 16.6 Å². The second kappa shape index (κ2) is 6.17. The summed E-state index contributed by atoms with van der Waals surface area (Å²) in [6.45, 7) is 0.572. The zero-order valence-electron chi connectivity index (χ0n) is 10.3. The number of hydrogen-bond acceptors (Lipinski definition) is 4. The Labute approximate surface area is 124 Å². The molecule has 0 aromatic heterocycles. The molecule has 0 heterocycles. The normalized spacial score (nSPS) is 9.80. The number of rotatable bonds is 4. The highest BCUT2D eigenvalue weighted by Crippen LogP contribution is 2.27. The Hall–Kier alpha value is -2.39. The van der Waals surface area contributed by atoms with Crippen molar-refractivity contribution in [3.05, 3.63) is 68.2 Å². The second-order valence-corrected chi connectivity index (χ2v) is 4.94. The number of anilines is 1. The van der Waals surface area contributed by atoms with Crippen LogP contribution in [0.1, 0.15) is 11.1 Å². The van der Waals surface area contributed by atoms with Crippen LogP contribution in [0.25, 0.3) is 0 Å². The molecule has 100 valence electrons. The standard InChI is InChI=1S/C14H10BrN3O2/c15-13-7-12(18(19)20)5-6-14(13)17-9-11-3-1-10(8-16)2-4-11/h1-7,17H,9H2. The van der Waals surface area contributed by atoms with Gasteiger partial charge in [0.15, 0.2) is 0 Å². The Bertz CT molecular complexity index is 678. The molecule has 0 amide bonds. The van der Waals surface area contributed by atoms with Crippen LogP contribution in [0.5, 0.6) is 0 Å². The van der Waals surface area contributed by atoms with Gasteiger partial charge >= 0.3 is 0 Å². The summed E-state index contributed by atoms with van der Waals surface area (Å²) in [5.41, 5.74) is 2.46. The Morgan fingerprint density at radius 2 is 1.95 bits per heavy atom. The molecule has 0 fully saturated rings. The molecule has 0 spiro atoms. The molecule has 5 nitrogen and oxygen atoms in total. The molecule has 0 aliphatic rings. The third-order valence-electron chi connectivity index (χ3n) is 2.73. The fourth-order valence-electron chi connectivity index (χ4n) is 1.66. The molecule has 0 aliphatic heterocycles. The van der Waals surface area contributed by atoms with Gasteiger partial charge in [0.2, 0.25) is 0 Å². The van der Waals surface area contributed by atoms with Gasteiger partial charge in [-0.05, 0) is 39.7 Å². The van der Waals surface area contributed by atoms with E-state index in [1.165, 1.54) is 12.1 Å². The summed E-state index contributed by atoms with van der Waals surface area (Å²) >= 11 is 3.30. The summed E-state index contributed by atoms with van der Waals surface area (Å²) in [7, 11) is 0. The molecule has 0 saturated heterocycles. The molecule has 6 heteroatoms. The smallest absolute Gasteiger partial charge is 0.270 e. The first-order chi connectivity index (χ1) is 9.60. The highest BCUT2D eigenvalue weighted by atomic mass is 79.9. The van der Waals surface area contributed by atoms with Crippen molar-refractivity contribution in [3.63, 3.8) is 0 Å². The van der Waals surface area contributed by atoms with Crippen LogP contribution in [0.2, 0.25) is 0 Å². The van der Waals surface area contributed by atoms with Crippen LogP contribution in [0.15, 0.2) is 46.9 Å². The maximum atomic E-state index is 10.6. The highest BCUT2D eigenvalue weighted by molar-refractivity contribution is 9.10. The number of non-ortho nitro benzene ring substituents is 1. The lowest BCUT2D eigenvalue weighted by Gasteiger charge is -2.08. The molecule has 0 aliphatic carbocycles. The minimum atomic E-state index is -0.435. The molecular weight excluding hydrogens is 322 g/mol. The van der Waals surface area contributed by atoms with Crippen molar-refractivity contribution in [2.24, 2.45) is 0 Å². The van der Waals surface area contributed by atoms with Gasteiger partial charge in [-0.1, -0.05) is 12.1 Å². The van der Waals surface area contributed by atoms with Gasteiger partial charge < -0.3 is 5.32 Å². The van der Waals surface area contributed by atoms with Crippen LogP contribution in [-0.4, -0.2) is 4.92 Å². The monoisotopic (exact) mass is 331 g/mol. The summed E-state index contributed by atoms with van der Waals surface area (Å²) in [4.78, 5) is 10.2. The van der Waals surface area contributed by atoms with Gasteiger partial charge in [0.25, 0.3) is 5.69 Å². The van der Waals surface area contributed by atoms with Crippen LogP contribution >= 0.6 is 15.9 Å². The average Bonchev–Trinajstić information content (AvgIpc) is 2.46. The van der Waals surface area contributed by atoms with Crippen molar-refractivity contribution in [2.75, 3.05) is 5.32 Å². The molecule has 2 rings (SSSR count). The van der Waals surface area contributed by atoms with E-state index < -0.39 is 4.92 Å². The zero-order valence-corrected chi connectivity index (χ0v) is 11.9. The lowest BCUT2D eigenvalue weighted by atomic mass is 10.1. The molecule has 0 unspecified atom stereocenters. The third kappa shape index (κ3) is 3.33. The van der Waals surface area contributed by atoms with Crippen LogP contribution < -0.4 is 5.32 Å². The topological polar surface area (TPSA) is 79.0 Å². The lowest BCUT2D eigenvalue weighted by molar-refractivity contribution is -0.384. The number of hydrogen-bond donors (Lipinski definition) is 1. The third-order valence-corrected chi connectivity index (χ3v) is 3.39. The largest absolute Gasteiger partial charge is 0.380 e. The Balaban J connectivity index is 2.07. The van der Waals surface area contributed by atoms with E-state index in [4.69, 9.17) is 5.26 Å². The Morgan fingerprint density at radius 1 is 1.25 bits per heavy atom. The van der Waals surface area contributed by atoms with Crippen LogP contribution in [0.4, 0.5) is 11.4 Å². The lowest BCUT2D eigenvalue weighted by Crippen LogP contribution is -2.00. The van der Waals surface area contributed by atoms with Crippen molar-refractivity contribution in [3.8, 4) is 6.07 Å². The first kappa shape index (κ1) is 14.0. The molecule has 2 aromatic carbocycles. The molecular formula is C14H10BrN3O2. The number of nitrogens with one attached hydrogen (secondary N) is 1. The highest BCUT2D eigenvalue weighted by Gasteiger charge is 2.08. The van der Waals surface area contributed by atoms with Gasteiger partial charge in [-0.2, -0.15) is 5.26 Å². The van der Waals surface area contributed by atoms with Crippen LogP contribution in [-0.2, 0) is 6.54 Å². The number of nitriles is 1. The van der Waals surface area contributed by atoms with E-state index >= 15 is 0 Å². The number of nitro groups is 1. The fraction of sp³-hybridized carbons (Fsp3) is 0.0714. The molecule has 2 aromatic rings. The predicted octanol–water partition coefficient (Wildman–Crippen LogP) is 3.84. The van der Waals surface area contributed by atoms with Crippen molar-refractivity contribution < 1.29 is 4.92 Å². The SMILES string of the molecule is N#Cc1ccc(CNc2ccc([N+](=O)[O-])cc2Br)cc1. The maximum absolute atomic E-state index is 10.6. The van der Waals surface area contributed by atoms with E-state index in [0.717, 1.165) is 11.3 Å². The molecule has 0 saturated carbocycles. The van der Waals surface area contributed by atoms with Crippen molar-refractivity contribution in [2.45, 2.75) is 6.54 Å². The summed E-state index contributed by atoms with van der Waals surface area (Å²) in [5.74, 6) is 0. The van der Waals surface area contributed by atoms with E-state index in [-0.39, 0.29) is 5.69 Å². The number of nitrogens with zero attached hydrogens (tertiary/aromatic N) is 2. The molecule has 1 N–H and O–H groups in total. The minimum absolute atomic E-state index is 0.0424. The number of nitro benzene ring substituents is 1. The molecule has 0 bridgehead atoms. The van der Waals surface area contributed by atoms with Crippen LogP contribution in [0.3, 0.4) is 0 Å². The van der Waals surface area contributed by atoms with Crippen LogP contribution in [0, 0.1) is 21.4 Å². The van der Waals surface area contributed by atoms with Gasteiger partial charge in [-0.3, -0.25) is 10.1 Å². The van der Waals surface area contributed by atoms with Crippen molar-refractivity contribution in [1.29, 1.82) is 5.26 Å². The molecule has 20 heavy (non-hydrogen) atoms.